The van der Waals surface area contributed by atoms with Gasteiger partial charge in [-0.05, 0) is 46.4 Å². The van der Waals surface area contributed by atoms with Crippen molar-refractivity contribution >= 4 is 49.8 Å². The number of nitrogens with one attached hydrogen (secondary N) is 2. The lowest BCUT2D eigenvalue weighted by molar-refractivity contribution is 1.05. The van der Waals surface area contributed by atoms with Gasteiger partial charge in [-0.1, -0.05) is 12.1 Å². The fourth-order valence-electron chi connectivity index (χ4n) is 2.33. The third kappa shape index (κ3) is 2.73. The number of rotatable bonds is 3. The zero-order valence-corrected chi connectivity index (χ0v) is 14.6. The van der Waals surface area contributed by atoms with Gasteiger partial charge in [0.15, 0.2) is 11.6 Å². The lowest BCUT2D eigenvalue weighted by Crippen LogP contribution is -1.99. The number of benzene rings is 1. The average molecular weight is 386 g/mol. The summed E-state index contributed by atoms with van der Waals surface area (Å²) in [6.45, 7) is 1.96. The highest BCUT2D eigenvalue weighted by molar-refractivity contribution is 9.10. The summed E-state index contributed by atoms with van der Waals surface area (Å²) < 4.78 is 0.999. The molecule has 114 valence electrons. The maximum absolute atomic E-state index is 4.71. The summed E-state index contributed by atoms with van der Waals surface area (Å²) in [5, 5.41) is 13.4. The van der Waals surface area contributed by atoms with Crippen molar-refractivity contribution in [3.63, 3.8) is 0 Å². The second-order valence-corrected chi connectivity index (χ2v) is 6.84. The largest absolute Gasteiger partial charge is 0.323 e. The van der Waals surface area contributed by atoms with Gasteiger partial charge in [0.1, 0.15) is 5.82 Å². The molecule has 3 aromatic heterocycles. The van der Waals surface area contributed by atoms with Gasteiger partial charge in [0.25, 0.3) is 0 Å². The normalized spacial score (nSPS) is 11.0. The number of fused-ring (bicyclic) bond motifs is 1. The van der Waals surface area contributed by atoms with E-state index >= 15 is 0 Å². The van der Waals surface area contributed by atoms with Crippen LogP contribution in [-0.4, -0.2) is 20.2 Å². The van der Waals surface area contributed by atoms with Crippen molar-refractivity contribution in [3.05, 3.63) is 51.9 Å². The Labute approximate surface area is 144 Å². The first kappa shape index (κ1) is 14.3. The summed E-state index contributed by atoms with van der Waals surface area (Å²) in [6.07, 6.45) is 0. The molecule has 0 amide bonds. The van der Waals surface area contributed by atoms with Crippen LogP contribution in [0.15, 0.2) is 46.3 Å². The Hall–Kier alpha value is -2.25. The summed E-state index contributed by atoms with van der Waals surface area (Å²) in [4.78, 5) is 10.4. The number of thiophene rings is 1. The minimum absolute atomic E-state index is 0.695. The van der Waals surface area contributed by atoms with Crippen molar-refractivity contribution in [1.82, 2.24) is 20.2 Å². The Morgan fingerprint density at radius 3 is 2.78 bits per heavy atom. The van der Waals surface area contributed by atoms with E-state index in [0.29, 0.717) is 5.82 Å². The molecule has 4 rings (SSSR count). The summed E-state index contributed by atoms with van der Waals surface area (Å²) >= 11 is 5.16. The van der Waals surface area contributed by atoms with Gasteiger partial charge < -0.3 is 5.32 Å². The second kappa shape index (κ2) is 5.75. The van der Waals surface area contributed by atoms with Crippen molar-refractivity contribution in [1.29, 1.82) is 0 Å². The maximum Gasteiger partial charge on any atom is 0.173 e. The van der Waals surface area contributed by atoms with E-state index in [0.717, 1.165) is 37.6 Å². The Balaban J connectivity index is 1.89. The van der Waals surface area contributed by atoms with E-state index in [1.54, 1.807) is 11.3 Å². The molecule has 0 unspecified atom stereocenters. The molecule has 7 heteroatoms. The maximum atomic E-state index is 4.71. The molecule has 1 aromatic carbocycles. The van der Waals surface area contributed by atoms with E-state index in [9.17, 15) is 0 Å². The van der Waals surface area contributed by atoms with Crippen LogP contribution in [0.5, 0.6) is 0 Å². The minimum Gasteiger partial charge on any atom is -0.323 e. The fourth-order valence-corrected chi connectivity index (χ4v) is 3.81. The zero-order valence-electron chi connectivity index (χ0n) is 12.2. The topological polar surface area (TPSA) is 66.5 Å². The van der Waals surface area contributed by atoms with Crippen molar-refractivity contribution < 1.29 is 0 Å². The molecule has 0 fully saturated rings. The number of aromatic nitrogens is 4. The highest BCUT2D eigenvalue weighted by Gasteiger charge is 2.13. The molecule has 0 aliphatic heterocycles. The third-order valence-corrected chi connectivity index (χ3v) is 5.21. The molecular weight excluding hydrogens is 374 g/mol. The zero-order chi connectivity index (χ0) is 15.8. The lowest BCUT2D eigenvalue weighted by atomic mass is 10.2. The predicted molar refractivity (Wildman–Crippen MR) is 97.2 cm³/mol. The van der Waals surface area contributed by atoms with Gasteiger partial charge in [-0.25, -0.2) is 9.97 Å². The first-order chi connectivity index (χ1) is 11.2. The molecule has 0 saturated carbocycles. The van der Waals surface area contributed by atoms with E-state index in [1.165, 1.54) is 0 Å². The smallest absolute Gasteiger partial charge is 0.173 e. The Kier molecular flexibility index (Phi) is 3.59. The first-order valence-corrected chi connectivity index (χ1v) is 8.67. The molecule has 2 N–H and O–H groups in total. The first-order valence-electron chi connectivity index (χ1n) is 7.00. The van der Waals surface area contributed by atoms with Crippen molar-refractivity contribution in [2.45, 2.75) is 6.92 Å². The number of aromatic amines is 1. The van der Waals surface area contributed by atoms with Crippen LogP contribution in [0.2, 0.25) is 0 Å². The molecule has 3 heterocycles. The molecular formula is C16H12BrN5S. The number of anilines is 2. The van der Waals surface area contributed by atoms with Crippen LogP contribution >= 0.6 is 27.3 Å². The number of H-pyrrole nitrogens is 1. The number of hydrogen-bond acceptors (Lipinski definition) is 5. The minimum atomic E-state index is 0.695. The van der Waals surface area contributed by atoms with E-state index in [4.69, 9.17) is 4.98 Å². The van der Waals surface area contributed by atoms with Crippen LogP contribution in [0, 0.1) is 6.92 Å². The van der Waals surface area contributed by atoms with E-state index < -0.39 is 0 Å². The number of hydrogen-bond donors (Lipinski definition) is 2. The molecule has 0 aliphatic rings. The highest BCUT2D eigenvalue weighted by Crippen LogP contribution is 2.34. The van der Waals surface area contributed by atoms with Gasteiger partial charge in [0.2, 0.25) is 0 Å². The van der Waals surface area contributed by atoms with Crippen molar-refractivity contribution in [2.75, 3.05) is 5.32 Å². The van der Waals surface area contributed by atoms with Crippen LogP contribution in [0.4, 0.5) is 11.6 Å². The summed E-state index contributed by atoms with van der Waals surface area (Å²) in [5.41, 5.74) is 1.89. The molecule has 23 heavy (non-hydrogen) atoms. The summed E-state index contributed by atoms with van der Waals surface area (Å²) in [6, 6.07) is 11.9. The van der Waals surface area contributed by atoms with Gasteiger partial charge in [0.05, 0.1) is 10.4 Å². The molecule has 0 bridgehead atoms. The Morgan fingerprint density at radius 2 is 2.04 bits per heavy atom. The van der Waals surface area contributed by atoms with Crippen LogP contribution in [0.3, 0.4) is 0 Å². The Bertz CT molecular complexity index is 991. The van der Waals surface area contributed by atoms with Crippen LogP contribution in [0.1, 0.15) is 5.69 Å². The molecule has 0 atom stereocenters. The standard InChI is InChI=1S/C16H12BrN5S/c1-9-8-13(22-21-9)19-15-10-4-2-3-5-12(10)18-16(20-15)14-11(17)6-7-23-14/h2-8H,1H3,(H2,18,19,20,21,22). The van der Waals surface area contributed by atoms with Crippen LogP contribution in [0.25, 0.3) is 21.6 Å². The number of halogens is 1. The number of aryl methyl sites for hydroxylation is 1. The van der Waals surface area contributed by atoms with Gasteiger partial charge in [-0.2, -0.15) is 5.10 Å². The third-order valence-electron chi connectivity index (χ3n) is 3.38. The van der Waals surface area contributed by atoms with Gasteiger partial charge in [-0.3, -0.25) is 5.10 Å². The highest BCUT2D eigenvalue weighted by atomic mass is 79.9. The van der Waals surface area contributed by atoms with Gasteiger partial charge in [0, 0.05) is 21.6 Å². The van der Waals surface area contributed by atoms with Crippen molar-refractivity contribution in [3.8, 4) is 10.7 Å². The lowest BCUT2D eigenvalue weighted by Gasteiger charge is -2.08. The predicted octanol–water partition coefficient (Wildman–Crippen LogP) is 4.90. The van der Waals surface area contributed by atoms with E-state index in [2.05, 4.69) is 36.4 Å². The summed E-state index contributed by atoms with van der Waals surface area (Å²) in [5.74, 6) is 2.18. The number of nitrogens with zero attached hydrogens (tertiary/aromatic N) is 3. The molecule has 0 saturated heterocycles. The van der Waals surface area contributed by atoms with Gasteiger partial charge in [-0.15, -0.1) is 11.3 Å². The molecule has 5 nitrogen and oxygen atoms in total. The van der Waals surface area contributed by atoms with Crippen LogP contribution < -0.4 is 5.32 Å². The monoisotopic (exact) mass is 385 g/mol. The molecule has 4 aromatic rings. The SMILES string of the molecule is Cc1cc(Nc2nc(-c3sccc3Br)nc3ccccc23)n[nH]1. The fraction of sp³-hybridized carbons (Fsp3) is 0.0625. The summed E-state index contributed by atoms with van der Waals surface area (Å²) in [7, 11) is 0. The van der Waals surface area contributed by atoms with E-state index in [1.807, 2.05) is 48.7 Å². The second-order valence-electron chi connectivity index (χ2n) is 5.07. The van der Waals surface area contributed by atoms with Gasteiger partial charge >= 0.3 is 0 Å². The molecule has 0 spiro atoms. The van der Waals surface area contributed by atoms with Crippen molar-refractivity contribution in [2.24, 2.45) is 0 Å². The van der Waals surface area contributed by atoms with E-state index in [-0.39, 0.29) is 0 Å². The molecule has 0 aliphatic carbocycles. The van der Waals surface area contributed by atoms with Crippen LogP contribution in [-0.2, 0) is 0 Å². The number of para-hydroxylation sites is 1. The average Bonchev–Trinajstić information content (AvgIpc) is 3.15. The Morgan fingerprint density at radius 1 is 1.17 bits per heavy atom. The quantitative estimate of drug-likeness (QED) is 0.526. The molecule has 0 radical (unpaired) electrons.